The SMILES string of the molecule is Cc1cccc(-c2nnc(C(C)OC(=O)CNC(=O)c3ccc4c(c3)OCO4)o2)c1. The van der Waals surface area contributed by atoms with Gasteiger partial charge in [0, 0.05) is 11.1 Å². The number of aryl methyl sites for hydroxylation is 1. The summed E-state index contributed by atoms with van der Waals surface area (Å²) in [5.41, 5.74) is 2.19. The summed E-state index contributed by atoms with van der Waals surface area (Å²) in [6, 6.07) is 12.4. The molecule has 0 saturated carbocycles. The van der Waals surface area contributed by atoms with Gasteiger partial charge in [-0.2, -0.15) is 0 Å². The monoisotopic (exact) mass is 409 g/mol. The number of carbonyl (C=O) groups is 2. The number of ether oxygens (including phenoxy) is 3. The topological polar surface area (TPSA) is 113 Å². The highest BCUT2D eigenvalue weighted by Crippen LogP contribution is 2.32. The minimum absolute atomic E-state index is 0.117. The predicted octanol–water partition coefficient (Wildman–Crippen LogP) is 2.81. The lowest BCUT2D eigenvalue weighted by Crippen LogP contribution is -2.31. The van der Waals surface area contributed by atoms with E-state index in [1.807, 2.05) is 31.2 Å². The van der Waals surface area contributed by atoms with Crippen LogP contribution in [0.15, 0.2) is 46.9 Å². The second kappa shape index (κ2) is 8.24. The van der Waals surface area contributed by atoms with E-state index in [4.69, 9.17) is 18.6 Å². The van der Waals surface area contributed by atoms with E-state index in [2.05, 4.69) is 15.5 Å². The first kappa shape index (κ1) is 19.4. The summed E-state index contributed by atoms with van der Waals surface area (Å²) < 4.78 is 21.3. The Morgan fingerprint density at radius 2 is 1.97 bits per heavy atom. The van der Waals surface area contributed by atoms with Crippen molar-refractivity contribution in [1.29, 1.82) is 0 Å². The van der Waals surface area contributed by atoms with Gasteiger partial charge in [0.1, 0.15) is 6.54 Å². The second-order valence-corrected chi connectivity index (χ2v) is 6.70. The van der Waals surface area contributed by atoms with E-state index in [0.717, 1.165) is 11.1 Å². The number of carbonyl (C=O) groups excluding carboxylic acids is 2. The molecule has 1 atom stereocenters. The van der Waals surface area contributed by atoms with Crippen LogP contribution in [0.1, 0.15) is 34.8 Å². The summed E-state index contributed by atoms with van der Waals surface area (Å²) in [5.74, 6) is 0.503. The van der Waals surface area contributed by atoms with Crippen LogP contribution in [-0.4, -0.2) is 35.4 Å². The lowest BCUT2D eigenvalue weighted by molar-refractivity contribution is -0.148. The highest BCUT2D eigenvalue weighted by atomic mass is 16.7. The van der Waals surface area contributed by atoms with Gasteiger partial charge in [-0.05, 0) is 44.2 Å². The number of fused-ring (bicyclic) bond motifs is 1. The van der Waals surface area contributed by atoms with E-state index in [1.165, 1.54) is 0 Å². The van der Waals surface area contributed by atoms with Gasteiger partial charge >= 0.3 is 5.97 Å². The number of rotatable bonds is 6. The van der Waals surface area contributed by atoms with Crippen LogP contribution in [0.3, 0.4) is 0 Å². The molecule has 0 saturated heterocycles. The van der Waals surface area contributed by atoms with Gasteiger partial charge in [0.05, 0.1) is 0 Å². The van der Waals surface area contributed by atoms with Gasteiger partial charge in [0.2, 0.25) is 12.7 Å². The quantitative estimate of drug-likeness (QED) is 0.619. The fourth-order valence-electron chi connectivity index (χ4n) is 2.88. The Morgan fingerprint density at radius 3 is 2.80 bits per heavy atom. The lowest BCUT2D eigenvalue weighted by atomic mass is 10.1. The zero-order valence-electron chi connectivity index (χ0n) is 16.4. The molecule has 3 aromatic rings. The number of aromatic nitrogens is 2. The zero-order valence-corrected chi connectivity index (χ0v) is 16.4. The molecule has 1 aliphatic heterocycles. The number of benzene rings is 2. The molecule has 154 valence electrons. The fourth-order valence-corrected chi connectivity index (χ4v) is 2.88. The second-order valence-electron chi connectivity index (χ2n) is 6.70. The van der Waals surface area contributed by atoms with Crippen LogP contribution in [0, 0.1) is 6.92 Å². The van der Waals surface area contributed by atoms with Gasteiger partial charge in [0.25, 0.3) is 11.8 Å². The molecule has 0 bridgehead atoms. The molecule has 1 unspecified atom stereocenters. The summed E-state index contributed by atoms with van der Waals surface area (Å²) in [5, 5.41) is 10.5. The van der Waals surface area contributed by atoms with Crippen molar-refractivity contribution in [2.24, 2.45) is 0 Å². The molecule has 1 N–H and O–H groups in total. The van der Waals surface area contributed by atoms with Crippen LogP contribution >= 0.6 is 0 Å². The van der Waals surface area contributed by atoms with Crippen LogP contribution in [0.4, 0.5) is 0 Å². The molecule has 9 heteroatoms. The molecule has 9 nitrogen and oxygen atoms in total. The summed E-state index contributed by atoms with van der Waals surface area (Å²) >= 11 is 0. The van der Waals surface area contributed by atoms with E-state index in [1.54, 1.807) is 25.1 Å². The van der Waals surface area contributed by atoms with E-state index in [-0.39, 0.29) is 19.2 Å². The van der Waals surface area contributed by atoms with Gasteiger partial charge in [-0.1, -0.05) is 17.7 Å². The maximum Gasteiger partial charge on any atom is 0.326 e. The van der Waals surface area contributed by atoms with Gasteiger partial charge < -0.3 is 23.9 Å². The first-order valence-corrected chi connectivity index (χ1v) is 9.27. The van der Waals surface area contributed by atoms with Crippen molar-refractivity contribution < 1.29 is 28.2 Å². The number of esters is 1. The molecule has 2 aromatic carbocycles. The van der Waals surface area contributed by atoms with Crippen molar-refractivity contribution in [3.8, 4) is 23.0 Å². The minimum Gasteiger partial charge on any atom is -0.454 e. The van der Waals surface area contributed by atoms with Crippen molar-refractivity contribution in [3.05, 3.63) is 59.5 Å². The molecule has 0 spiro atoms. The number of hydrogen-bond donors (Lipinski definition) is 1. The van der Waals surface area contributed by atoms with Crippen LogP contribution in [0.5, 0.6) is 11.5 Å². The lowest BCUT2D eigenvalue weighted by Gasteiger charge is -2.10. The van der Waals surface area contributed by atoms with Gasteiger partial charge in [-0.15, -0.1) is 10.2 Å². The van der Waals surface area contributed by atoms with Crippen LogP contribution in [0.2, 0.25) is 0 Å². The van der Waals surface area contributed by atoms with Crippen LogP contribution in [-0.2, 0) is 9.53 Å². The third-order valence-electron chi connectivity index (χ3n) is 4.39. The molecule has 4 rings (SSSR count). The van der Waals surface area contributed by atoms with E-state index in [0.29, 0.717) is 23.0 Å². The van der Waals surface area contributed by atoms with Gasteiger partial charge in [-0.3, -0.25) is 9.59 Å². The first-order chi connectivity index (χ1) is 14.5. The highest BCUT2D eigenvalue weighted by molar-refractivity contribution is 5.96. The van der Waals surface area contributed by atoms with Gasteiger partial charge in [-0.25, -0.2) is 0 Å². The Balaban J connectivity index is 1.31. The van der Waals surface area contributed by atoms with Crippen molar-refractivity contribution in [1.82, 2.24) is 15.5 Å². The molecule has 0 fully saturated rings. The Morgan fingerprint density at radius 1 is 1.13 bits per heavy atom. The maximum absolute atomic E-state index is 12.2. The average Bonchev–Trinajstić information content (AvgIpc) is 3.41. The molecular weight excluding hydrogens is 390 g/mol. The number of nitrogens with one attached hydrogen (secondary N) is 1. The first-order valence-electron chi connectivity index (χ1n) is 9.27. The molecule has 1 aromatic heterocycles. The van der Waals surface area contributed by atoms with E-state index < -0.39 is 18.0 Å². The molecule has 1 aliphatic rings. The molecule has 1 amide bonds. The summed E-state index contributed by atoms with van der Waals surface area (Å²) in [6.45, 7) is 3.39. The number of nitrogens with zero attached hydrogens (tertiary/aromatic N) is 2. The normalized spacial score (nSPS) is 13.0. The fraction of sp³-hybridized carbons (Fsp3) is 0.238. The summed E-state index contributed by atoms with van der Waals surface area (Å²) in [6.07, 6.45) is -0.758. The Bertz CT molecular complexity index is 1090. The average molecular weight is 409 g/mol. The van der Waals surface area contributed by atoms with E-state index >= 15 is 0 Å². The molecule has 30 heavy (non-hydrogen) atoms. The highest BCUT2D eigenvalue weighted by Gasteiger charge is 2.20. The standard InChI is InChI=1S/C21H19N3O6/c1-12-4-3-5-15(8-12)21-24-23-20(30-21)13(2)29-18(25)10-22-19(26)14-6-7-16-17(9-14)28-11-27-16/h3-9,13H,10-11H2,1-2H3,(H,22,26). The smallest absolute Gasteiger partial charge is 0.326 e. The largest absolute Gasteiger partial charge is 0.454 e. The Labute approximate surface area is 172 Å². The summed E-state index contributed by atoms with van der Waals surface area (Å²) in [4.78, 5) is 24.3. The number of amides is 1. The zero-order chi connectivity index (χ0) is 21.1. The van der Waals surface area contributed by atoms with Crippen molar-refractivity contribution in [2.75, 3.05) is 13.3 Å². The Kier molecular flexibility index (Phi) is 5.34. The summed E-state index contributed by atoms with van der Waals surface area (Å²) in [7, 11) is 0. The molecule has 2 heterocycles. The molecular formula is C21H19N3O6. The van der Waals surface area contributed by atoms with Crippen molar-refractivity contribution in [3.63, 3.8) is 0 Å². The van der Waals surface area contributed by atoms with E-state index in [9.17, 15) is 9.59 Å². The molecule has 0 radical (unpaired) electrons. The van der Waals surface area contributed by atoms with Crippen molar-refractivity contribution in [2.45, 2.75) is 20.0 Å². The van der Waals surface area contributed by atoms with Crippen LogP contribution in [0.25, 0.3) is 11.5 Å². The van der Waals surface area contributed by atoms with Gasteiger partial charge in [0.15, 0.2) is 17.6 Å². The molecule has 0 aliphatic carbocycles. The van der Waals surface area contributed by atoms with Crippen LogP contribution < -0.4 is 14.8 Å². The maximum atomic E-state index is 12.2. The minimum atomic E-state index is -0.758. The predicted molar refractivity (Wildman–Crippen MR) is 104 cm³/mol. The number of hydrogen-bond acceptors (Lipinski definition) is 8. The third kappa shape index (κ3) is 4.24. The third-order valence-corrected chi connectivity index (χ3v) is 4.39. The van der Waals surface area contributed by atoms with Crippen molar-refractivity contribution >= 4 is 11.9 Å². The Hall–Kier alpha value is -3.88.